The molecule has 0 aromatic carbocycles. The average Bonchev–Trinajstić information content (AvgIpc) is 2.26. The van der Waals surface area contributed by atoms with Crippen molar-refractivity contribution >= 4 is 0 Å². The molecule has 1 heteroatoms. The van der Waals surface area contributed by atoms with Gasteiger partial charge < -0.3 is 0 Å². The SMILES string of the molecule is C=C1CN(C)C/C1=C/C=C\C. The average molecular weight is 149 g/mol. The Bertz CT molecular complexity index is 211. The van der Waals surface area contributed by atoms with Gasteiger partial charge in [0.2, 0.25) is 0 Å². The molecule has 1 saturated heterocycles. The fraction of sp³-hybridized carbons (Fsp3) is 0.400. The quantitative estimate of drug-likeness (QED) is 0.551. The number of allylic oxidation sites excluding steroid dienone is 3. The Hall–Kier alpha value is -0.820. The Morgan fingerprint density at radius 1 is 1.45 bits per heavy atom. The molecule has 0 N–H and O–H groups in total. The molecular weight excluding hydrogens is 134 g/mol. The first kappa shape index (κ1) is 8.28. The van der Waals surface area contributed by atoms with Crippen molar-refractivity contribution in [3.63, 3.8) is 0 Å². The maximum atomic E-state index is 4.00. The van der Waals surface area contributed by atoms with E-state index in [1.165, 1.54) is 11.1 Å². The van der Waals surface area contributed by atoms with Crippen molar-refractivity contribution < 1.29 is 0 Å². The van der Waals surface area contributed by atoms with Crippen molar-refractivity contribution in [1.29, 1.82) is 0 Å². The largest absolute Gasteiger partial charge is 0.298 e. The minimum absolute atomic E-state index is 1.02. The first-order valence-corrected chi connectivity index (χ1v) is 3.92. The Labute approximate surface area is 68.7 Å². The summed E-state index contributed by atoms with van der Waals surface area (Å²) in [5, 5.41) is 0. The van der Waals surface area contributed by atoms with Crippen LogP contribution in [0.15, 0.2) is 36.0 Å². The van der Waals surface area contributed by atoms with Crippen LogP contribution in [0.25, 0.3) is 0 Å². The van der Waals surface area contributed by atoms with Gasteiger partial charge in [-0.25, -0.2) is 0 Å². The molecule has 0 aliphatic carbocycles. The van der Waals surface area contributed by atoms with Gasteiger partial charge >= 0.3 is 0 Å². The predicted molar refractivity (Wildman–Crippen MR) is 49.5 cm³/mol. The minimum atomic E-state index is 1.02. The first-order chi connectivity index (χ1) is 5.24. The van der Waals surface area contributed by atoms with Crippen LogP contribution in [0.3, 0.4) is 0 Å². The summed E-state index contributed by atoms with van der Waals surface area (Å²) in [6.45, 7) is 8.08. The Balaban J connectivity index is 2.67. The molecule has 0 atom stereocenters. The second-order valence-corrected chi connectivity index (χ2v) is 2.99. The zero-order valence-corrected chi connectivity index (χ0v) is 7.30. The lowest BCUT2D eigenvalue weighted by atomic mass is 10.1. The smallest absolute Gasteiger partial charge is 0.0237 e. The van der Waals surface area contributed by atoms with Crippen LogP contribution in [0.5, 0.6) is 0 Å². The summed E-state index contributed by atoms with van der Waals surface area (Å²) in [6, 6.07) is 0. The number of hydrogen-bond acceptors (Lipinski definition) is 1. The standard InChI is InChI=1S/C10H15N/c1-4-5-6-10-8-11(3)7-9(10)2/h4-6H,2,7-8H2,1,3H3/b5-4-,10-6-. The van der Waals surface area contributed by atoms with Crippen LogP contribution in [0.1, 0.15) is 6.92 Å². The maximum Gasteiger partial charge on any atom is 0.0237 e. The van der Waals surface area contributed by atoms with E-state index < -0.39 is 0 Å². The maximum absolute atomic E-state index is 4.00. The highest BCUT2D eigenvalue weighted by Gasteiger charge is 2.14. The van der Waals surface area contributed by atoms with E-state index in [1.807, 2.05) is 13.0 Å². The van der Waals surface area contributed by atoms with Gasteiger partial charge in [0.1, 0.15) is 0 Å². The molecule has 1 rings (SSSR count). The number of likely N-dealkylation sites (tertiary alicyclic amines) is 1. The first-order valence-electron chi connectivity index (χ1n) is 3.92. The van der Waals surface area contributed by atoms with E-state index in [0.29, 0.717) is 0 Å². The molecule has 0 amide bonds. The minimum Gasteiger partial charge on any atom is -0.298 e. The molecular formula is C10H15N. The van der Waals surface area contributed by atoms with Crippen molar-refractivity contribution in [3.05, 3.63) is 36.0 Å². The van der Waals surface area contributed by atoms with Gasteiger partial charge in [-0.05, 0) is 25.1 Å². The van der Waals surface area contributed by atoms with Crippen LogP contribution in [0.4, 0.5) is 0 Å². The van der Waals surface area contributed by atoms with Crippen LogP contribution in [0.2, 0.25) is 0 Å². The fourth-order valence-corrected chi connectivity index (χ4v) is 1.27. The molecule has 60 valence electrons. The summed E-state index contributed by atoms with van der Waals surface area (Å²) in [7, 11) is 2.11. The van der Waals surface area contributed by atoms with Crippen LogP contribution >= 0.6 is 0 Å². The predicted octanol–water partition coefficient (Wildman–Crippen LogP) is 1.99. The Kier molecular flexibility index (Phi) is 2.66. The third kappa shape index (κ3) is 2.05. The molecule has 0 aromatic rings. The van der Waals surface area contributed by atoms with Crippen molar-refractivity contribution in [2.45, 2.75) is 6.92 Å². The summed E-state index contributed by atoms with van der Waals surface area (Å²) in [5.74, 6) is 0. The molecule has 1 nitrogen and oxygen atoms in total. The van der Waals surface area contributed by atoms with Gasteiger partial charge in [-0.1, -0.05) is 24.8 Å². The van der Waals surface area contributed by atoms with Gasteiger partial charge in [-0.2, -0.15) is 0 Å². The topological polar surface area (TPSA) is 3.24 Å². The van der Waals surface area contributed by atoms with Gasteiger partial charge in [-0.15, -0.1) is 0 Å². The molecule has 0 saturated carbocycles. The fourth-order valence-electron chi connectivity index (χ4n) is 1.27. The third-order valence-electron chi connectivity index (χ3n) is 1.85. The van der Waals surface area contributed by atoms with E-state index in [-0.39, 0.29) is 0 Å². The molecule has 1 aliphatic heterocycles. The van der Waals surface area contributed by atoms with E-state index >= 15 is 0 Å². The summed E-state index contributed by atoms with van der Waals surface area (Å²) >= 11 is 0. The molecule has 1 aliphatic rings. The van der Waals surface area contributed by atoms with Gasteiger partial charge in [0, 0.05) is 13.1 Å². The van der Waals surface area contributed by atoms with Crippen molar-refractivity contribution in [1.82, 2.24) is 4.90 Å². The molecule has 0 bridgehead atoms. The molecule has 0 aromatic heterocycles. The molecule has 11 heavy (non-hydrogen) atoms. The highest BCUT2D eigenvalue weighted by Crippen LogP contribution is 2.17. The number of nitrogens with zero attached hydrogens (tertiary/aromatic N) is 1. The number of rotatable bonds is 1. The number of hydrogen-bond donors (Lipinski definition) is 0. The zero-order chi connectivity index (χ0) is 8.27. The highest BCUT2D eigenvalue weighted by atomic mass is 15.1. The normalized spacial score (nSPS) is 24.2. The van der Waals surface area contributed by atoms with Crippen molar-refractivity contribution in [2.75, 3.05) is 20.1 Å². The van der Waals surface area contributed by atoms with Crippen molar-refractivity contribution in [2.24, 2.45) is 0 Å². The van der Waals surface area contributed by atoms with Crippen LogP contribution in [-0.4, -0.2) is 25.0 Å². The van der Waals surface area contributed by atoms with Gasteiger partial charge in [0.25, 0.3) is 0 Å². The lowest BCUT2D eigenvalue weighted by Crippen LogP contribution is -2.11. The van der Waals surface area contributed by atoms with Crippen LogP contribution in [0, 0.1) is 0 Å². The summed E-state index contributed by atoms with van der Waals surface area (Å²) < 4.78 is 0. The molecule has 1 heterocycles. The van der Waals surface area contributed by atoms with E-state index in [9.17, 15) is 0 Å². The van der Waals surface area contributed by atoms with Crippen LogP contribution in [-0.2, 0) is 0 Å². The van der Waals surface area contributed by atoms with Gasteiger partial charge in [0.05, 0.1) is 0 Å². The summed E-state index contributed by atoms with van der Waals surface area (Å²) in [4.78, 5) is 2.26. The lowest BCUT2D eigenvalue weighted by Gasteiger charge is -2.01. The molecule has 0 radical (unpaired) electrons. The van der Waals surface area contributed by atoms with E-state index in [0.717, 1.165) is 13.1 Å². The Morgan fingerprint density at radius 3 is 2.64 bits per heavy atom. The third-order valence-corrected chi connectivity index (χ3v) is 1.85. The van der Waals surface area contributed by atoms with E-state index in [1.54, 1.807) is 0 Å². The Morgan fingerprint density at radius 2 is 2.18 bits per heavy atom. The molecule has 1 fully saturated rings. The van der Waals surface area contributed by atoms with E-state index in [4.69, 9.17) is 0 Å². The highest BCUT2D eigenvalue weighted by molar-refractivity contribution is 5.37. The number of likely N-dealkylation sites (N-methyl/N-ethyl adjacent to an activating group) is 1. The summed E-state index contributed by atoms with van der Waals surface area (Å²) in [6.07, 6.45) is 6.25. The second kappa shape index (κ2) is 3.54. The van der Waals surface area contributed by atoms with Crippen LogP contribution < -0.4 is 0 Å². The molecule has 0 spiro atoms. The second-order valence-electron chi connectivity index (χ2n) is 2.99. The van der Waals surface area contributed by atoms with E-state index in [2.05, 4.69) is 30.7 Å². The zero-order valence-electron chi connectivity index (χ0n) is 7.30. The molecule has 0 unspecified atom stereocenters. The van der Waals surface area contributed by atoms with Gasteiger partial charge in [-0.3, -0.25) is 4.90 Å². The lowest BCUT2D eigenvalue weighted by molar-refractivity contribution is 0.437. The van der Waals surface area contributed by atoms with Crippen molar-refractivity contribution in [3.8, 4) is 0 Å². The summed E-state index contributed by atoms with van der Waals surface area (Å²) in [5.41, 5.74) is 2.62. The van der Waals surface area contributed by atoms with Gasteiger partial charge in [0.15, 0.2) is 0 Å². The monoisotopic (exact) mass is 149 g/mol.